The lowest BCUT2D eigenvalue weighted by Crippen LogP contribution is -2.26. The highest BCUT2D eigenvalue weighted by molar-refractivity contribution is 7.89. The number of pyridine rings is 1. The Morgan fingerprint density at radius 2 is 1.94 bits per heavy atom. The number of rotatable bonds is 7. The first-order valence-electron chi connectivity index (χ1n) is 11.7. The van der Waals surface area contributed by atoms with Crippen LogP contribution in [0.25, 0.3) is 22.9 Å². The van der Waals surface area contributed by atoms with Crippen LogP contribution in [0.4, 0.5) is 0 Å². The van der Waals surface area contributed by atoms with E-state index in [4.69, 9.17) is 4.74 Å². The second-order valence-corrected chi connectivity index (χ2v) is 11.9. The molecule has 3 aromatic rings. The number of sulfone groups is 1. The van der Waals surface area contributed by atoms with Gasteiger partial charge in [0.15, 0.2) is 15.6 Å². The van der Waals surface area contributed by atoms with E-state index >= 15 is 0 Å². The van der Waals surface area contributed by atoms with Crippen molar-refractivity contribution in [1.29, 1.82) is 0 Å². The third kappa shape index (κ3) is 4.93. The highest BCUT2D eigenvalue weighted by Crippen LogP contribution is 2.42. The summed E-state index contributed by atoms with van der Waals surface area (Å²) in [6, 6.07) is 0. The van der Waals surface area contributed by atoms with Gasteiger partial charge >= 0.3 is 0 Å². The van der Waals surface area contributed by atoms with Crippen LogP contribution in [-0.2, 0) is 29.7 Å². The SMILES string of the molecule is CC1CC(c2cnn(C)c2)=Cc2c(-c3nc(CS(C)(=O)=O)ncc3OCC3CC3)cn(C)c(=O)c21. The van der Waals surface area contributed by atoms with Crippen LogP contribution in [0, 0.1) is 5.92 Å². The van der Waals surface area contributed by atoms with E-state index in [2.05, 4.69) is 15.1 Å². The standard InChI is InChI=1S/C25H29N5O4S/c1-15-7-17(18-9-27-30(3)11-18)8-19-20(12-29(2)25(31)23(15)19)24-21(34-13-16-5-6-16)10-26-22(28-24)14-35(4,32)33/h8-12,15-16H,5-7,13-14H2,1-4H3. The van der Waals surface area contributed by atoms with E-state index in [1.54, 1.807) is 28.7 Å². The molecule has 2 aliphatic rings. The molecule has 10 heteroatoms. The molecule has 0 radical (unpaired) electrons. The summed E-state index contributed by atoms with van der Waals surface area (Å²) in [6.07, 6.45) is 13.3. The van der Waals surface area contributed by atoms with Crippen molar-refractivity contribution in [2.45, 2.75) is 37.9 Å². The molecular weight excluding hydrogens is 466 g/mol. The van der Waals surface area contributed by atoms with Crippen molar-refractivity contribution < 1.29 is 13.2 Å². The van der Waals surface area contributed by atoms with Gasteiger partial charge in [0.25, 0.3) is 5.56 Å². The van der Waals surface area contributed by atoms with Gasteiger partial charge in [-0.05, 0) is 48.3 Å². The average molecular weight is 496 g/mol. The molecule has 5 rings (SSSR count). The van der Waals surface area contributed by atoms with Crippen LogP contribution in [0.15, 0.2) is 29.6 Å². The lowest BCUT2D eigenvalue weighted by molar-refractivity contribution is 0.298. The topological polar surface area (TPSA) is 109 Å². The number of allylic oxidation sites excluding steroid dienone is 1. The molecule has 9 nitrogen and oxygen atoms in total. The largest absolute Gasteiger partial charge is 0.489 e. The van der Waals surface area contributed by atoms with Crippen LogP contribution in [0.3, 0.4) is 0 Å². The zero-order valence-electron chi connectivity index (χ0n) is 20.4. The molecule has 1 unspecified atom stereocenters. The number of aryl methyl sites for hydroxylation is 2. The third-order valence-electron chi connectivity index (χ3n) is 6.49. The first-order valence-corrected chi connectivity index (χ1v) is 13.7. The summed E-state index contributed by atoms with van der Waals surface area (Å²) < 4.78 is 33.3. The summed E-state index contributed by atoms with van der Waals surface area (Å²) in [4.78, 5) is 22.1. The Morgan fingerprint density at radius 3 is 2.60 bits per heavy atom. The highest BCUT2D eigenvalue weighted by Gasteiger charge is 2.29. The van der Waals surface area contributed by atoms with Gasteiger partial charge in [-0.2, -0.15) is 5.10 Å². The number of hydrogen-bond acceptors (Lipinski definition) is 7. The lowest BCUT2D eigenvalue weighted by Gasteiger charge is -2.25. The first-order chi connectivity index (χ1) is 16.6. The van der Waals surface area contributed by atoms with E-state index in [0.29, 0.717) is 36.0 Å². The van der Waals surface area contributed by atoms with E-state index in [1.807, 2.05) is 32.4 Å². The number of fused-ring (bicyclic) bond motifs is 1. The number of ether oxygens (including phenoxy) is 1. The first kappa shape index (κ1) is 23.5. The normalized spacial score (nSPS) is 17.7. The van der Waals surface area contributed by atoms with Crippen molar-refractivity contribution in [3.8, 4) is 17.0 Å². The minimum atomic E-state index is -3.33. The molecule has 1 fully saturated rings. The van der Waals surface area contributed by atoms with Crippen LogP contribution < -0.4 is 10.3 Å². The van der Waals surface area contributed by atoms with Crippen LogP contribution in [-0.4, -0.2) is 45.6 Å². The van der Waals surface area contributed by atoms with E-state index in [0.717, 1.165) is 41.4 Å². The van der Waals surface area contributed by atoms with Gasteiger partial charge in [-0.25, -0.2) is 18.4 Å². The number of nitrogens with zero attached hydrogens (tertiary/aromatic N) is 5. The Morgan fingerprint density at radius 1 is 1.17 bits per heavy atom. The lowest BCUT2D eigenvalue weighted by atomic mass is 9.81. The van der Waals surface area contributed by atoms with Crippen LogP contribution in [0.1, 0.15) is 54.6 Å². The minimum Gasteiger partial charge on any atom is -0.489 e. The summed E-state index contributed by atoms with van der Waals surface area (Å²) in [5.41, 5.74) is 4.75. The van der Waals surface area contributed by atoms with E-state index < -0.39 is 9.84 Å². The zero-order chi connectivity index (χ0) is 24.9. The molecule has 0 bridgehead atoms. The molecule has 1 atom stereocenters. The van der Waals surface area contributed by atoms with Gasteiger partial charge in [-0.15, -0.1) is 0 Å². The van der Waals surface area contributed by atoms with Crippen molar-refractivity contribution in [3.05, 3.63) is 57.7 Å². The maximum Gasteiger partial charge on any atom is 0.254 e. The molecule has 0 aliphatic heterocycles. The smallest absolute Gasteiger partial charge is 0.254 e. The van der Waals surface area contributed by atoms with Crippen molar-refractivity contribution in [2.75, 3.05) is 12.9 Å². The summed E-state index contributed by atoms with van der Waals surface area (Å²) in [5, 5.41) is 4.30. The Bertz CT molecular complexity index is 1500. The van der Waals surface area contributed by atoms with E-state index in [1.165, 1.54) is 0 Å². The number of hydrogen-bond donors (Lipinski definition) is 0. The second kappa shape index (κ2) is 8.75. The second-order valence-electron chi connectivity index (χ2n) is 9.79. The third-order valence-corrected chi connectivity index (χ3v) is 7.27. The number of aromatic nitrogens is 5. The molecule has 0 aromatic carbocycles. The van der Waals surface area contributed by atoms with Gasteiger partial charge in [0.2, 0.25) is 0 Å². The predicted molar refractivity (Wildman–Crippen MR) is 134 cm³/mol. The monoisotopic (exact) mass is 495 g/mol. The van der Waals surface area contributed by atoms with Crippen LogP contribution >= 0.6 is 0 Å². The van der Waals surface area contributed by atoms with Crippen LogP contribution in [0.2, 0.25) is 0 Å². The Labute approximate surface area is 204 Å². The maximum absolute atomic E-state index is 13.2. The molecule has 2 aliphatic carbocycles. The molecule has 1 saturated carbocycles. The highest BCUT2D eigenvalue weighted by atomic mass is 32.2. The van der Waals surface area contributed by atoms with Gasteiger partial charge in [-0.3, -0.25) is 9.48 Å². The quantitative estimate of drug-likeness (QED) is 0.496. The predicted octanol–water partition coefficient (Wildman–Crippen LogP) is 2.96. The Balaban J connectivity index is 1.71. The molecule has 3 aromatic heterocycles. The van der Waals surface area contributed by atoms with Crippen molar-refractivity contribution in [2.24, 2.45) is 20.0 Å². The Kier molecular flexibility index (Phi) is 5.86. The fraction of sp³-hybridized carbons (Fsp3) is 0.440. The van der Waals surface area contributed by atoms with Crippen molar-refractivity contribution in [1.82, 2.24) is 24.3 Å². The molecule has 0 spiro atoms. The van der Waals surface area contributed by atoms with Crippen molar-refractivity contribution in [3.63, 3.8) is 0 Å². The van der Waals surface area contributed by atoms with E-state index in [9.17, 15) is 13.2 Å². The van der Waals surface area contributed by atoms with Gasteiger partial charge in [0.1, 0.15) is 17.3 Å². The minimum absolute atomic E-state index is 0.0167. The summed E-state index contributed by atoms with van der Waals surface area (Å²) in [6.45, 7) is 2.61. The molecule has 3 heterocycles. The fourth-order valence-electron chi connectivity index (χ4n) is 4.55. The van der Waals surface area contributed by atoms with Crippen LogP contribution in [0.5, 0.6) is 5.75 Å². The van der Waals surface area contributed by atoms with Gasteiger partial charge < -0.3 is 9.30 Å². The molecule has 184 valence electrons. The van der Waals surface area contributed by atoms with Gasteiger partial charge in [0, 0.05) is 49.4 Å². The van der Waals surface area contributed by atoms with Crippen molar-refractivity contribution >= 4 is 21.5 Å². The molecule has 35 heavy (non-hydrogen) atoms. The fourth-order valence-corrected chi connectivity index (χ4v) is 5.16. The molecular formula is C25H29N5O4S. The summed E-state index contributed by atoms with van der Waals surface area (Å²) >= 11 is 0. The molecule has 0 saturated heterocycles. The van der Waals surface area contributed by atoms with Gasteiger partial charge in [-0.1, -0.05) is 6.92 Å². The van der Waals surface area contributed by atoms with E-state index in [-0.39, 0.29) is 23.1 Å². The molecule has 0 amide bonds. The van der Waals surface area contributed by atoms with Gasteiger partial charge in [0.05, 0.1) is 19.0 Å². The maximum atomic E-state index is 13.2. The summed E-state index contributed by atoms with van der Waals surface area (Å²) in [7, 11) is 0.268. The summed E-state index contributed by atoms with van der Waals surface area (Å²) in [5.74, 6) is 0.916. The molecule has 0 N–H and O–H groups in total. The average Bonchev–Trinajstić information content (AvgIpc) is 3.51. The Hall–Kier alpha value is -3.27. The zero-order valence-corrected chi connectivity index (χ0v) is 21.2.